The standard InChI is InChI=1S/C17H14N.C11H20O2.Ir/c1-12-7-8-14-9-10-18-17(16(14)11-12)15-6-4-3-5-13(15)2;1-10(2,3)8(12)7-9(13)11(4,5)6;/h3-5,7-11H,1-2H3;7,12H,1-6H3;/q-1;;/b;8-7-;. The number of allylic oxidation sites excluding steroid dienone is 2. The zero-order chi connectivity index (χ0) is 23.4. The molecule has 1 N–H and O–H groups in total. The number of aromatic nitrogens is 1. The van der Waals surface area contributed by atoms with Crippen LogP contribution in [0.1, 0.15) is 52.7 Å². The number of fused-ring (bicyclic) bond motifs is 1. The van der Waals surface area contributed by atoms with Gasteiger partial charge in [-0.3, -0.25) is 4.79 Å². The van der Waals surface area contributed by atoms with Crippen LogP contribution in [-0.2, 0) is 24.9 Å². The number of aliphatic hydroxyl groups excluding tert-OH is 1. The van der Waals surface area contributed by atoms with Crippen molar-refractivity contribution in [2.45, 2.75) is 55.4 Å². The Morgan fingerprint density at radius 1 is 1.00 bits per heavy atom. The molecule has 0 saturated heterocycles. The van der Waals surface area contributed by atoms with Crippen molar-refractivity contribution >= 4 is 16.6 Å². The van der Waals surface area contributed by atoms with E-state index < -0.39 is 5.41 Å². The van der Waals surface area contributed by atoms with Crippen molar-refractivity contribution in [3.05, 3.63) is 77.7 Å². The first-order valence-electron chi connectivity index (χ1n) is 10.6. The van der Waals surface area contributed by atoms with Crippen molar-refractivity contribution in [1.29, 1.82) is 0 Å². The molecule has 0 fully saturated rings. The number of rotatable bonds is 2. The smallest absolute Gasteiger partial charge is 0.164 e. The Bertz CT molecular complexity index is 1100. The minimum Gasteiger partial charge on any atom is -0.512 e. The molecule has 1 aromatic heterocycles. The summed E-state index contributed by atoms with van der Waals surface area (Å²) in [6.07, 6.45) is 3.20. The molecule has 0 bridgehead atoms. The summed E-state index contributed by atoms with van der Waals surface area (Å²) in [5.41, 5.74) is 3.81. The molecule has 0 aliphatic carbocycles. The molecule has 0 unspecified atom stereocenters. The summed E-state index contributed by atoms with van der Waals surface area (Å²) in [5.74, 6) is 0.104. The Morgan fingerprint density at radius 2 is 1.66 bits per heavy atom. The topological polar surface area (TPSA) is 50.2 Å². The van der Waals surface area contributed by atoms with Crippen LogP contribution in [0.25, 0.3) is 22.0 Å². The van der Waals surface area contributed by atoms with E-state index >= 15 is 0 Å². The van der Waals surface area contributed by atoms with Crippen molar-refractivity contribution < 1.29 is 30.0 Å². The van der Waals surface area contributed by atoms with E-state index in [2.05, 4.69) is 55.2 Å². The Balaban J connectivity index is 0.000000330. The third-order valence-electron chi connectivity index (χ3n) is 5.00. The number of benzene rings is 2. The molecule has 0 aliphatic rings. The second-order valence-electron chi connectivity index (χ2n) is 10.0. The first-order chi connectivity index (χ1) is 14.3. The molecule has 4 heteroatoms. The summed E-state index contributed by atoms with van der Waals surface area (Å²) in [7, 11) is 0. The third kappa shape index (κ3) is 7.39. The molecule has 3 nitrogen and oxygen atoms in total. The van der Waals surface area contributed by atoms with Crippen LogP contribution in [0.3, 0.4) is 0 Å². The SMILES string of the molecule is CC(C)(C)C(=O)/C=C(\O)C(C)(C)C.Cc1ccc2ccnc(-c3[c-]cccc3C)c2c1.[Ir]. The summed E-state index contributed by atoms with van der Waals surface area (Å²) >= 11 is 0. The van der Waals surface area contributed by atoms with E-state index in [-0.39, 0.29) is 37.1 Å². The predicted octanol–water partition coefficient (Wildman–Crippen LogP) is 7.41. The summed E-state index contributed by atoms with van der Waals surface area (Å²) in [4.78, 5) is 16.0. The Labute approximate surface area is 206 Å². The minimum atomic E-state index is -0.417. The Kier molecular flexibility index (Phi) is 9.56. The average molecular weight is 609 g/mol. The molecule has 0 atom stereocenters. The summed E-state index contributed by atoms with van der Waals surface area (Å²) < 4.78 is 0. The van der Waals surface area contributed by atoms with Gasteiger partial charge in [-0.25, -0.2) is 0 Å². The van der Waals surface area contributed by atoms with E-state index in [0.29, 0.717) is 0 Å². The van der Waals surface area contributed by atoms with Crippen LogP contribution in [0.5, 0.6) is 0 Å². The normalized spacial score (nSPS) is 11.9. The molecule has 3 rings (SSSR count). The van der Waals surface area contributed by atoms with Gasteiger partial charge < -0.3 is 10.1 Å². The van der Waals surface area contributed by atoms with E-state index in [1.807, 2.05) is 59.9 Å². The maximum absolute atomic E-state index is 11.5. The molecule has 0 amide bonds. The van der Waals surface area contributed by atoms with Crippen LogP contribution in [0.15, 0.2) is 60.5 Å². The fourth-order valence-electron chi connectivity index (χ4n) is 2.81. The number of carbonyl (C=O) groups excluding carboxylic acids is 1. The van der Waals surface area contributed by atoms with Crippen molar-refractivity contribution in [2.24, 2.45) is 10.8 Å². The number of hydrogen-bond acceptors (Lipinski definition) is 3. The van der Waals surface area contributed by atoms with Crippen LogP contribution in [-0.4, -0.2) is 15.9 Å². The van der Waals surface area contributed by atoms with Crippen molar-refractivity contribution in [3.63, 3.8) is 0 Å². The van der Waals surface area contributed by atoms with E-state index in [1.54, 1.807) is 0 Å². The second-order valence-corrected chi connectivity index (χ2v) is 10.0. The van der Waals surface area contributed by atoms with Gasteiger partial charge in [0.15, 0.2) is 5.78 Å². The molecular formula is C28H34IrNO2-. The maximum atomic E-state index is 11.5. The number of aliphatic hydroxyl groups is 1. The van der Waals surface area contributed by atoms with E-state index in [4.69, 9.17) is 0 Å². The minimum absolute atomic E-state index is 0. The van der Waals surface area contributed by atoms with Gasteiger partial charge in [-0.05, 0) is 29.5 Å². The number of aryl methyl sites for hydroxylation is 2. The van der Waals surface area contributed by atoms with Gasteiger partial charge in [0, 0.05) is 43.2 Å². The van der Waals surface area contributed by atoms with Gasteiger partial charge >= 0.3 is 0 Å². The van der Waals surface area contributed by atoms with Gasteiger partial charge in [-0.2, -0.15) is 0 Å². The first kappa shape index (κ1) is 27.7. The molecule has 0 spiro atoms. The van der Waals surface area contributed by atoms with E-state index in [0.717, 1.165) is 11.3 Å². The number of hydrogen-bond donors (Lipinski definition) is 1. The zero-order valence-corrected chi connectivity index (χ0v) is 22.7. The molecule has 0 saturated carbocycles. The van der Waals surface area contributed by atoms with E-state index in [9.17, 15) is 9.90 Å². The molecule has 1 heterocycles. The number of nitrogens with zero attached hydrogens (tertiary/aromatic N) is 1. The van der Waals surface area contributed by atoms with Crippen LogP contribution >= 0.6 is 0 Å². The van der Waals surface area contributed by atoms with Crippen LogP contribution < -0.4 is 0 Å². The molecular weight excluding hydrogens is 575 g/mol. The Morgan fingerprint density at radius 3 is 2.22 bits per heavy atom. The molecule has 3 aromatic rings. The van der Waals surface area contributed by atoms with Gasteiger partial charge in [0.05, 0.1) is 0 Å². The van der Waals surface area contributed by atoms with Gasteiger partial charge in [-0.1, -0.05) is 72.2 Å². The second kappa shape index (κ2) is 11.0. The molecule has 32 heavy (non-hydrogen) atoms. The van der Waals surface area contributed by atoms with Gasteiger partial charge in [0.2, 0.25) is 0 Å². The average Bonchev–Trinajstić information content (AvgIpc) is 2.67. The number of pyridine rings is 1. The van der Waals surface area contributed by atoms with Gasteiger partial charge in [0.1, 0.15) is 5.76 Å². The summed E-state index contributed by atoms with van der Waals surface area (Å²) in [5, 5.41) is 12.0. The fraction of sp³-hybridized carbons (Fsp3) is 0.357. The number of ketones is 1. The third-order valence-corrected chi connectivity index (χ3v) is 5.00. The molecule has 0 aliphatic heterocycles. The van der Waals surface area contributed by atoms with Crippen molar-refractivity contribution in [1.82, 2.24) is 4.98 Å². The summed E-state index contributed by atoms with van der Waals surface area (Å²) in [6.45, 7) is 15.3. The monoisotopic (exact) mass is 609 g/mol. The van der Waals surface area contributed by atoms with Crippen molar-refractivity contribution in [3.8, 4) is 11.3 Å². The van der Waals surface area contributed by atoms with Gasteiger partial charge in [0.25, 0.3) is 0 Å². The molecule has 2 aromatic carbocycles. The zero-order valence-electron chi connectivity index (χ0n) is 20.3. The van der Waals surface area contributed by atoms with Crippen LogP contribution in [0.4, 0.5) is 0 Å². The Hall–Kier alpha value is -2.29. The quantitative estimate of drug-likeness (QED) is 0.187. The number of carbonyl (C=O) groups is 1. The molecule has 1 radical (unpaired) electrons. The van der Waals surface area contributed by atoms with Crippen LogP contribution in [0, 0.1) is 30.7 Å². The van der Waals surface area contributed by atoms with Crippen LogP contribution in [0.2, 0.25) is 0 Å². The van der Waals surface area contributed by atoms with E-state index in [1.165, 1.54) is 28.0 Å². The first-order valence-corrected chi connectivity index (χ1v) is 10.6. The van der Waals surface area contributed by atoms with Crippen molar-refractivity contribution in [2.75, 3.05) is 0 Å². The predicted molar refractivity (Wildman–Crippen MR) is 130 cm³/mol. The van der Waals surface area contributed by atoms with Gasteiger partial charge in [-0.15, -0.1) is 35.4 Å². The fourth-order valence-corrected chi connectivity index (χ4v) is 2.81. The molecule has 173 valence electrons. The largest absolute Gasteiger partial charge is 0.512 e. The summed E-state index contributed by atoms with van der Waals surface area (Å²) in [6, 6.07) is 17.9. The maximum Gasteiger partial charge on any atom is 0.164 e.